The largest absolute Gasteiger partial charge is 0.469 e. The van der Waals surface area contributed by atoms with Crippen LogP contribution in [0.4, 0.5) is 0 Å². The van der Waals surface area contributed by atoms with Crippen LogP contribution in [0.25, 0.3) is 0 Å². The number of fused-ring (bicyclic) bond motifs is 1. The molecular formula is C56H76N10O10. The number of carbonyl (C=O) groups excluding carboxylic acids is 9. The number of aryl methyl sites for hydroxylation is 1. The number of hydrogen-bond donors (Lipinski definition) is 8. The number of likely N-dealkylation sites (tertiary alicyclic amines) is 2. The number of hydrogen-bond acceptors (Lipinski definition) is 12. The average Bonchev–Trinajstić information content (AvgIpc) is 4.05. The number of ether oxygens (including phenoxy) is 1. The third kappa shape index (κ3) is 14.6. The van der Waals surface area contributed by atoms with Crippen molar-refractivity contribution in [1.29, 1.82) is 0 Å². The van der Waals surface area contributed by atoms with E-state index in [1.807, 2.05) is 75.4 Å². The molecule has 0 bridgehead atoms. The van der Waals surface area contributed by atoms with Gasteiger partial charge >= 0.3 is 5.97 Å². The zero-order valence-corrected chi connectivity index (χ0v) is 45.1. The molecule has 2 aliphatic heterocycles. The average molecular weight is 1050 g/mol. The second-order valence-electron chi connectivity index (χ2n) is 21.2. The zero-order valence-electron chi connectivity index (χ0n) is 45.1. The highest BCUT2D eigenvalue weighted by atomic mass is 16.5. The van der Waals surface area contributed by atoms with E-state index in [0.717, 1.165) is 29.5 Å². The molecule has 2 fully saturated rings. The number of likely N-dealkylation sites (N-methyl/N-ethyl adjacent to an activating group) is 2. The van der Waals surface area contributed by atoms with Gasteiger partial charge in [0.25, 0.3) is 11.8 Å². The molecule has 0 unspecified atom stereocenters. The van der Waals surface area contributed by atoms with Gasteiger partial charge in [0.1, 0.15) is 24.2 Å². The number of esters is 1. The van der Waals surface area contributed by atoms with E-state index in [2.05, 4.69) is 42.5 Å². The highest BCUT2D eigenvalue weighted by Crippen LogP contribution is 2.32. The maximum absolute atomic E-state index is 14.7. The van der Waals surface area contributed by atoms with Crippen molar-refractivity contribution in [2.75, 3.05) is 34.3 Å². The van der Waals surface area contributed by atoms with Crippen LogP contribution in [-0.4, -0.2) is 146 Å². The molecule has 2 saturated heterocycles. The van der Waals surface area contributed by atoms with Crippen molar-refractivity contribution in [3.8, 4) is 0 Å². The number of methoxy groups -OCH3 is 1. The van der Waals surface area contributed by atoms with Crippen molar-refractivity contribution >= 4 is 53.2 Å². The van der Waals surface area contributed by atoms with E-state index in [1.165, 1.54) is 35.1 Å². The molecule has 10 atom stereocenters. The van der Waals surface area contributed by atoms with E-state index in [1.54, 1.807) is 40.9 Å². The smallest absolute Gasteiger partial charge is 0.305 e. The van der Waals surface area contributed by atoms with Gasteiger partial charge in [-0.1, -0.05) is 81.4 Å². The Morgan fingerprint density at radius 3 is 1.79 bits per heavy atom. The number of nitrogens with one attached hydrogen (secondary N) is 8. The second kappa shape index (κ2) is 26.0. The molecule has 6 rings (SSSR count). The van der Waals surface area contributed by atoms with Crippen LogP contribution >= 0.6 is 0 Å². The van der Waals surface area contributed by atoms with Gasteiger partial charge in [-0.05, 0) is 114 Å². The van der Waals surface area contributed by atoms with Crippen LogP contribution in [0.15, 0.2) is 78.9 Å². The maximum atomic E-state index is 14.7. The monoisotopic (exact) mass is 1050 g/mol. The maximum Gasteiger partial charge on any atom is 0.305 e. The fourth-order valence-corrected chi connectivity index (χ4v) is 9.97. The molecule has 0 radical (unpaired) electrons. The third-order valence-corrected chi connectivity index (χ3v) is 14.7. The topological polar surface area (TPSA) is 266 Å². The highest BCUT2D eigenvalue weighted by molar-refractivity contribution is 6.01. The molecule has 3 aromatic rings. The molecule has 8 amide bonds. The molecule has 76 heavy (non-hydrogen) atoms. The molecule has 0 spiro atoms. The lowest BCUT2D eigenvalue weighted by atomic mass is 9.85. The first kappa shape index (κ1) is 58.1. The Morgan fingerprint density at radius 1 is 0.658 bits per heavy atom. The Hall–Kier alpha value is -7.19. The molecule has 3 aliphatic rings. The molecule has 20 nitrogen and oxygen atoms in total. The number of carbonyl (C=O) groups is 9. The van der Waals surface area contributed by atoms with Gasteiger partial charge < -0.3 is 57.1 Å². The van der Waals surface area contributed by atoms with Crippen molar-refractivity contribution in [3.05, 3.63) is 107 Å². The van der Waals surface area contributed by atoms with Crippen LogP contribution < -0.4 is 42.5 Å². The first-order valence-electron chi connectivity index (χ1n) is 26.2. The van der Waals surface area contributed by atoms with Crippen LogP contribution in [0, 0.1) is 5.41 Å². The molecule has 3 aromatic carbocycles. The van der Waals surface area contributed by atoms with Crippen molar-refractivity contribution in [1.82, 2.24) is 52.3 Å². The number of benzene rings is 3. The summed E-state index contributed by atoms with van der Waals surface area (Å²) in [5, 5.41) is 23.5. The summed E-state index contributed by atoms with van der Waals surface area (Å²) >= 11 is 0. The second-order valence-corrected chi connectivity index (χ2v) is 21.2. The minimum absolute atomic E-state index is 0.00274. The predicted molar refractivity (Wildman–Crippen MR) is 284 cm³/mol. The van der Waals surface area contributed by atoms with Gasteiger partial charge in [0.05, 0.1) is 31.3 Å². The van der Waals surface area contributed by atoms with E-state index < -0.39 is 101 Å². The van der Waals surface area contributed by atoms with Gasteiger partial charge in [-0.25, -0.2) is 0 Å². The van der Waals surface area contributed by atoms with Gasteiger partial charge in [-0.3, -0.25) is 43.2 Å². The lowest BCUT2D eigenvalue weighted by Crippen LogP contribution is -2.59. The minimum Gasteiger partial charge on any atom is -0.469 e. The van der Waals surface area contributed by atoms with E-state index in [9.17, 15) is 43.2 Å². The molecule has 1 aliphatic carbocycles. The molecule has 0 aromatic heterocycles. The summed E-state index contributed by atoms with van der Waals surface area (Å²) in [5.41, 5.74) is 2.45. The van der Waals surface area contributed by atoms with Gasteiger partial charge in [0, 0.05) is 42.7 Å². The Morgan fingerprint density at radius 2 is 1.21 bits per heavy atom. The van der Waals surface area contributed by atoms with Gasteiger partial charge in [-0.2, -0.15) is 0 Å². The Bertz CT molecular complexity index is 2610. The number of amides is 8. The minimum atomic E-state index is -1.22. The Kier molecular flexibility index (Phi) is 19.9. The fraction of sp³-hybridized carbons (Fsp3) is 0.518. The van der Waals surface area contributed by atoms with Gasteiger partial charge in [-0.15, -0.1) is 0 Å². The summed E-state index contributed by atoms with van der Waals surface area (Å²) < 4.78 is 4.81. The summed E-state index contributed by atoms with van der Waals surface area (Å²) in [5.74, 6) is -4.60. The SMILES string of the molecule is CN[C@@H](C)C(=O)N[C@@H](CCC(=O)OC)C(=O)N1C[C@@H](NC(=O)c2cccc(C(=O)N[C@H]3C[C@@H](C(=O)N[C@@H]4CCCc5ccccc54)N(C(=O)[C@@H](NC(=O)[C@H](C)NC)C(C)(C)C)C3)c2)C[C@H]1C(=O)N[C@H](C)c1ccccc1. The molecular weight excluding hydrogens is 973 g/mol. The summed E-state index contributed by atoms with van der Waals surface area (Å²) in [6.45, 7) is 10.4. The lowest BCUT2D eigenvalue weighted by molar-refractivity contribution is -0.144. The lowest BCUT2D eigenvalue weighted by Gasteiger charge is -2.36. The normalized spacial score (nSPS) is 21.1. The van der Waals surface area contributed by atoms with Crippen LogP contribution in [0.3, 0.4) is 0 Å². The van der Waals surface area contributed by atoms with Crippen LogP contribution in [0.2, 0.25) is 0 Å². The van der Waals surface area contributed by atoms with Gasteiger partial charge in [0.2, 0.25) is 35.4 Å². The van der Waals surface area contributed by atoms with Crippen molar-refractivity contribution < 1.29 is 47.9 Å². The fourth-order valence-electron chi connectivity index (χ4n) is 9.97. The van der Waals surface area contributed by atoms with Crippen molar-refractivity contribution in [2.45, 2.75) is 147 Å². The summed E-state index contributed by atoms with van der Waals surface area (Å²) in [7, 11) is 4.44. The van der Waals surface area contributed by atoms with Crippen LogP contribution in [-0.2, 0) is 44.7 Å². The van der Waals surface area contributed by atoms with Crippen LogP contribution in [0.1, 0.15) is 130 Å². The van der Waals surface area contributed by atoms with E-state index in [4.69, 9.17) is 4.74 Å². The third-order valence-electron chi connectivity index (χ3n) is 14.7. The van der Waals surface area contributed by atoms with Gasteiger partial charge in [0.15, 0.2) is 0 Å². The quantitative estimate of drug-likeness (QED) is 0.0759. The molecule has 0 saturated carbocycles. The summed E-state index contributed by atoms with van der Waals surface area (Å²) in [6.07, 6.45) is 2.24. The van der Waals surface area contributed by atoms with E-state index >= 15 is 0 Å². The summed E-state index contributed by atoms with van der Waals surface area (Å²) in [6, 6.07) is 15.4. The van der Waals surface area contributed by atoms with Crippen molar-refractivity contribution in [2.24, 2.45) is 5.41 Å². The Balaban J connectivity index is 1.20. The number of rotatable bonds is 20. The molecule has 8 N–H and O–H groups in total. The number of nitrogens with zero attached hydrogens (tertiary/aromatic N) is 2. The van der Waals surface area contributed by atoms with E-state index in [-0.39, 0.29) is 67.8 Å². The first-order chi connectivity index (χ1) is 36.1. The van der Waals surface area contributed by atoms with Crippen LogP contribution in [0.5, 0.6) is 0 Å². The predicted octanol–water partition coefficient (Wildman–Crippen LogP) is 2.34. The Labute approximate surface area is 445 Å². The molecule has 410 valence electrons. The first-order valence-corrected chi connectivity index (χ1v) is 26.2. The molecule has 2 heterocycles. The molecule has 20 heteroatoms. The highest BCUT2D eigenvalue weighted by Gasteiger charge is 2.47. The zero-order chi connectivity index (χ0) is 55.4. The summed E-state index contributed by atoms with van der Waals surface area (Å²) in [4.78, 5) is 127. The van der Waals surface area contributed by atoms with Crippen molar-refractivity contribution in [3.63, 3.8) is 0 Å². The van der Waals surface area contributed by atoms with E-state index in [0.29, 0.717) is 6.42 Å². The standard InChI is InChI=1S/C56H76N10O10/c1-32(35-17-11-10-12-18-35)59-52(72)44-28-39(30-65(44)54(74)43(25-26-46(67)76-9)63-48(68)33(2)57-7)60-50(70)37-21-15-22-38(27-37)51(71)61-40-29-45(53(73)62-42-24-16-20-36-19-13-14-23-41(36)42)66(31-40)55(75)47(56(4,5)6)64-49(69)34(3)58-8/h10-15,17-19,21-23,27,32-34,39-40,42-45,47,57-58H,16,20,24-26,28-31H2,1-9H3,(H,59,72)(H,60,70)(H,61,71)(H,62,73)(H,63,68)(H,64,69)/t32-,33+,34+,39+,40+,42-,43+,44+,45+,47-/m1/s1.